The minimum atomic E-state index is 0.671. The van der Waals surface area contributed by atoms with Crippen molar-refractivity contribution in [2.24, 2.45) is 0 Å². The zero-order valence-corrected chi connectivity index (χ0v) is 13.7. The number of piperazine rings is 1. The molecule has 106 valence electrons. The van der Waals surface area contributed by atoms with Crippen molar-refractivity contribution in [2.75, 3.05) is 38.6 Å². The molecule has 1 unspecified atom stereocenters. The first kappa shape index (κ1) is 14.8. The first-order valence-corrected chi connectivity index (χ1v) is 7.83. The number of hydrogen-bond acceptors (Lipinski definition) is 3. The Morgan fingerprint density at radius 1 is 1.37 bits per heavy atom. The van der Waals surface area contributed by atoms with Gasteiger partial charge in [0.1, 0.15) is 0 Å². The lowest BCUT2D eigenvalue weighted by Gasteiger charge is -2.40. The van der Waals surface area contributed by atoms with Crippen LogP contribution in [0.1, 0.15) is 18.9 Å². The molecule has 0 aromatic heterocycles. The molecule has 1 N–H and O–H groups in total. The second-order valence-electron chi connectivity index (χ2n) is 5.29. The highest BCUT2D eigenvalue weighted by atomic mass is 79.9. The van der Waals surface area contributed by atoms with E-state index in [1.807, 2.05) is 7.05 Å². The summed E-state index contributed by atoms with van der Waals surface area (Å²) in [6.07, 6.45) is 1.21. The van der Waals surface area contributed by atoms with Gasteiger partial charge in [-0.05, 0) is 38.2 Å². The van der Waals surface area contributed by atoms with Crippen molar-refractivity contribution in [1.29, 1.82) is 0 Å². The average molecular weight is 326 g/mol. The van der Waals surface area contributed by atoms with Crippen LogP contribution in [0.25, 0.3) is 0 Å². The predicted molar refractivity (Wildman–Crippen MR) is 85.8 cm³/mol. The number of benzene rings is 1. The van der Waals surface area contributed by atoms with Crippen LogP contribution in [-0.2, 0) is 6.54 Å². The highest BCUT2D eigenvalue weighted by Gasteiger charge is 2.23. The van der Waals surface area contributed by atoms with Gasteiger partial charge in [-0.1, -0.05) is 28.9 Å². The average Bonchev–Trinajstić information content (AvgIpc) is 2.42. The Bertz CT molecular complexity index is 422. The van der Waals surface area contributed by atoms with Crippen LogP contribution in [0.4, 0.5) is 5.69 Å². The fraction of sp³-hybridized carbons (Fsp3) is 0.600. The number of hydrogen-bond donors (Lipinski definition) is 1. The Hall–Kier alpha value is -0.580. The van der Waals surface area contributed by atoms with E-state index in [2.05, 4.69) is 63.2 Å². The van der Waals surface area contributed by atoms with Gasteiger partial charge in [-0.3, -0.25) is 4.90 Å². The molecule has 1 saturated heterocycles. The van der Waals surface area contributed by atoms with Crippen molar-refractivity contribution in [3.05, 3.63) is 28.2 Å². The van der Waals surface area contributed by atoms with Crippen molar-refractivity contribution in [2.45, 2.75) is 25.9 Å². The standard InChI is InChI=1S/C15H24BrN3/c1-4-13-11-19(8-7-18(13)3)14-6-5-12(10-17-2)15(16)9-14/h5-6,9,13,17H,4,7-8,10-11H2,1-3H3. The fourth-order valence-corrected chi connectivity index (χ4v) is 3.20. The van der Waals surface area contributed by atoms with E-state index in [-0.39, 0.29) is 0 Å². The molecule has 1 aliphatic rings. The summed E-state index contributed by atoms with van der Waals surface area (Å²) in [5.41, 5.74) is 2.64. The Kier molecular flexibility index (Phi) is 5.25. The molecule has 3 nitrogen and oxygen atoms in total. The molecule has 4 heteroatoms. The zero-order chi connectivity index (χ0) is 13.8. The number of halogens is 1. The number of nitrogens with zero attached hydrogens (tertiary/aromatic N) is 2. The van der Waals surface area contributed by atoms with Gasteiger partial charge in [0.15, 0.2) is 0 Å². The highest BCUT2D eigenvalue weighted by Crippen LogP contribution is 2.26. The molecule has 0 aliphatic carbocycles. The summed E-state index contributed by atoms with van der Waals surface area (Å²) < 4.78 is 1.20. The summed E-state index contributed by atoms with van der Waals surface area (Å²) in [6, 6.07) is 7.39. The molecule has 1 heterocycles. The Morgan fingerprint density at radius 2 is 2.16 bits per heavy atom. The SMILES string of the molecule is CCC1CN(c2ccc(CNC)c(Br)c2)CCN1C. The van der Waals surface area contributed by atoms with Crippen LogP contribution in [0.5, 0.6) is 0 Å². The molecule has 1 aromatic carbocycles. The quantitative estimate of drug-likeness (QED) is 0.918. The molecule has 1 aromatic rings. The van der Waals surface area contributed by atoms with Crippen LogP contribution >= 0.6 is 15.9 Å². The number of likely N-dealkylation sites (N-methyl/N-ethyl adjacent to an activating group) is 1. The maximum Gasteiger partial charge on any atom is 0.0378 e. The third kappa shape index (κ3) is 3.50. The molecule has 0 saturated carbocycles. The molecular weight excluding hydrogens is 302 g/mol. The molecule has 0 radical (unpaired) electrons. The van der Waals surface area contributed by atoms with E-state index in [1.165, 1.54) is 22.1 Å². The molecule has 19 heavy (non-hydrogen) atoms. The van der Waals surface area contributed by atoms with Gasteiger partial charge in [0.25, 0.3) is 0 Å². The summed E-state index contributed by atoms with van der Waals surface area (Å²) in [4.78, 5) is 4.98. The van der Waals surface area contributed by atoms with Crippen molar-refractivity contribution in [3.8, 4) is 0 Å². The molecule has 1 atom stereocenters. The second kappa shape index (κ2) is 6.73. The number of anilines is 1. The Labute approximate surface area is 125 Å². The first-order valence-electron chi connectivity index (χ1n) is 7.04. The van der Waals surface area contributed by atoms with Crippen LogP contribution in [0.3, 0.4) is 0 Å². The first-order chi connectivity index (χ1) is 9.15. The van der Waals surface area contributed by atoms with Crippen LogP contribution in [-0.4, -0.2) is 44.7 Å². The predicted octanol–water partition coefficient (Wildman–Crippen LogP) is 2.70. The normalized spacial score (nSPS) is 20.8. The third-order valence-electron chi connectivity index (χ3n) is 4.02. The number of rotatable bonds is 4. The summed E-state index contributed by atoms with van der Waals surface area (Å²) in [5, 5.41) is 3.20. The lowest BCUT2D eigenvalue weighted by Crippen LogP contribution is -2.51. The van der Waals surface area contributed by atoms with Crippen LogP contribution in [0.15, 0.2) is 22.7 Å². The van der Waals surface area contributed by atoms with E-state index in [0.717, 1.165) is 26.2 Å². The van der Waals surface area contributed by atoms with Crippen LogP contribution in [0, 0.1) is 0 Å². The smallest absolute Gasteiger partial charge is 0.0378 e. The van der Waals surface area contributed by atoms with Crippen molar-refractivity contribution in [3.63, 3.8) is 0 Å². The summed E-state index contributed by atoms with van der Waals surface area (Å²) >= 11 is 3.68. The van der Waals surface area contributed by atoms with E-state index in [4.69, 9.17) is 0 Å². The molecule has 0 bridgehead atoms. The maximum absolute atomic E-state index is 3.68. The molecule has 1 aliphatic heterocycles. The van der Waals surface area contributed by atoms with E-state index in [0.29, 0.717) is 6.04 Å². The van der Waals surface area contributed by atoms with Crippen LogP contribution in [0.2, 0.25) is 0 Å². The Morgan fingerprint density at radius 3 is 2.79 bits per heavy atom. The van der Waals surface area contributed by atoms with Gasteiger partial charge < -0.3 is 10.2 Å². The molecular formula is C15H24BrN3. The zero-order valence-electron chi connectivity index (χ0n) is 12.1. The summed E-state index contributed by atoms with van der Waals surface area (Å²) in [5.74, 6) is 0. The lowest BCUT2D eigenvalue weighted by molar-refractivity contribution is 0.213. The van der Waals surface area contributed by atoms with Crippen LogP contribution < -0.4 is 10.2 Å². The summed E-state index contributed by atoms with van der Waals surface area (Å²) in [7, 11) is 4.21. The largest absolute Gasteiger partial charge is 0.369 e. The molecule has 2 rings (SSSR count). The van der Waals surface area contributed by atoms with Gasteiger partial charge in [-0.25, -0.2) is 0 Å². The van der Waals surface area contributed by atoms with Crippen molar-refractivity contribution in [1.82, 2.24) is 10.2 Å². The van der Waals surface area contributed by atoms with Crippen molar-refractivity contribution >= 4 is 21.6 Å². The summed E-state index contributed by atoms with van der Waals surface area (Å²) in [6.45, 7) is 6.57. The molecule has 0 amide bonds. The van der Waals surface area contributed by atoms with Gasteiger partial charge in [0, 0.05) is 42.4 Å². The van der Waals surface area contributed by atoms with Gasteiger partial charge in [0.2, 0.25) is 0 Å². The minimum absolute atomic E-state index is 0.671. The van der Waals surface area contributed by atoms with E-state index < -0.39 is 0 Å². The molecule has 1 fully saturated rings. The Balaban J connectivity index is 2.11. The maximum atomic E-state index is 3.68. The molecule has 0 spiro atoms. The van der Waals surface area contributed by atoms with Crippen molar-refractivity contribution < 1.29 is 0 Å². The van der Waals surface area contributed by atoms with Gasteiger partial charge in [0.05, 0.1) is 0 Å². The van der Waals surface area contributed by atoms with Gasteiger partial charge in [-0.2, -0.15) is 0 Å². The monoisotopic (exact) mass is 325 g/mol. The highest BCUT2D eigenvalue weighted by molar-refractivity contribution is 9.10. The van der Waals surface area contributed by atoms with Gasteiger partial charge >= 0.3 is 0 Å². The number of nitrogens with one attached hydrogen (secondary N) is 1. The third-order valence-corrected chi connectivity index (χ3v) is 4.76. The van der Waals surface area contributed by atoms with E-state index in [9.17, 15) is 0 Å². The fourth-order valence-electron chi connectivity index (χ4n) is 2.69. The van der Waals surface area contributed by atoms with E-state index in [1.54, 1.807) is 0 Å². The lowest BCUT2D eigenvalue weighted by atomic mass is 10.1. The van der Waals surface area contributed by atoms with Gasteiger partial charge in [-0.15, -0.1) is 0 Å². The topological polar surface area (TPSA) is 18.5 Å². The minimum Gasteiger partial charge on any atom is -0.369 e. The van der Waals surface area contributed by atoms with E-state index >= 15 is 0 Å². The second-order valence-corrected chi connectivity index (χ2v) is 6.15.